The summed E-state index contributed by atoms with van der Waals surface area (Å²) in [5, 5.41) is 0. The van der Waals surface area contributed by atoms with E-state index in [0.717, 1.165) is 16.8 Å². The lowest BCUT2D eigenvalue weighted by molar-refractivity contribution is 0.449. The van der Waals surface area contributed by atoms with Crippen LogP contribution < -0.4 is 4.74 Å². The molecule has 0 aliphatic heterocycles. The van der Waals surface area contributed by atoms with Crippen molar-refractivity contribution in [3.8, 4) is 11.6 Å². The number of alkyl halides is 1. The van der Waals surface area contributed by atoms with Gasteiger partial charge in [0.1, 0.15) is 11.6 Å². The summed E-state index contributed by atoms with van der Waals surface area (Å²) in [5.41, 5.74) is 2.64. The summed E-state index contributed by atoms with van der Waals surface area (Å²) in [6, 6.07) is 6.19. The lowest BCUT2D eigenvalue weighted by Gasteiger charge is -2.13. The molecular weight excluding hydrogens is 333 g/mol. The van der Waals surface area contributed by atoms with E-state index < -0.39 is 0 Å². The molecule has 0 saturated heterocycles. The van der Waals surface area contributed by atoms with Crippen molar-refractivity contribution in [1.82, 2.24) is 4.98 Å². The molecule has 100 valence electrons. The molecule has 1 aromatic carbocycles. The molecule has 2 aromatic rings. The molecule has 0 N–H and O–H groups in total. The van der Waals surface area contributed by atoms with Gasteiger partial charge in [-0.3, -0.25) is 0 Å². The van der Waals surface area contributed by atoms with Gasteiger partial charge in [-0.1, -0.05) is 0 Å². The Morgan fingerprint density at radius 2 is 2.05 bits per heavy atom. The van der Waals surface area contributed by atoms with Crippen LogP contribution >= 0.6 is 27.5 Å². The van der Waals surface area contributed by atoms with Gasteiger partial charge in [0, 0.05) is 17.3 Å². The maximum Gasteiger partial charge on any atom is 0.224 e. The van der Waals surface area contributed by atoms with Crippen LogP contribution in [0.15, 0.2) is 28.7 Å². The van der Waals surface area contributed by atoms with E-state index in [2.05, 4.69) is 20.9 Å². The number of aryl methyl sites for hydroxylation is 2. The van der Waals surface area contributed by atoms with Crippen molar-refractivity contribution < 1.29 is 9.13 Å². The third-order valence-corrected chi connectivity index (χ3v) is 3.59. The number of halogens is 3. The molecule has 0 bridgehead atoms. The van der Waals surface area contributed by atoms with Gasteiger partial charge in [-0.2, -0.15) is 0 Å². The minimum atomic E-state index is -0.366. The highest BCUT2D eigenvalue weighted by atomic mass is 79.9. The average molecular weight is 345 g/mol. The Morgan fingerprint density at radius 1 is 1.32 bits per heavy atom. The number of aromatic nitrogens is 1. The molecule has 0 unspecified atom stereocenters. The molecule has 0 aliphatic carbocycles. The third-order valence-electron chi connectivity index (χ3n) is 2.67. The van der Waals surface area contributed by atoms with Crippen LogP contribution in [0.5, 0.6) is 11.6 Å². The monoisotopic (exact) mass is 343 g/mol. The highest BCUT2D eigenvalue weighted by Gasteiger charge is 2.12. The second-order valence-corrected chi connectivity index (χ2v) is 5.30. The van der Waals surface area contributed by atoms with E-state index in [1.54, 1.807) is 6.07 Å². The number of hydrogen-bond acceptors (Lipinski definition) is 2. The summed E-state index contributed by atoms with van der Waals surface area (Å²) < 4.78 is 19.6. The standard InChI is InChI=1S/C14H12BrClFNO/c1-8-5-9(2)18-14(11(8)7-16)19-13-6-10(17)3-4-12(13)15/h3-6H,7H2,1-2H3. The SMILES string of the molecule is Cc1cc(C)c(CCl)c(Oc2cc(F)ccc2Br)n1. The van der Waals surface area contributed by atoms with E-state index in [4.69, 9.17) is 16.3 Å². The fourth-order valence-corrected chi connectivity index (χ4v) is 2.39. The predicted octanol–water partition coefficient (Wildman–Crippen LogP) is 5.13. The molecule has 5 heteroatoms. The molecular formula is C14H12BrClFNO. The summed E-state index contributed by atoms with van der Waals surface area (Å²) in [6.45, 7) is 3.82. The maximum atomic E-state index is 13.2. The number of rotatable bonds is 3. The van der Waals surface area contributed by atoms with Crippen LogP contribution in [0, 0.1) is 19.7 Å². The van der Waals surface area contributed by atoms with Crippen LogP contribution in [0.25, 0.3) is 0 Å². The number of nitrogens with zero attached hydrogens (tertiary/aromatic N) is 1. The van der Waals surface area contributed by atoms with E-state index in [1.807, 2.05) is 19.9 Å². The van der Waals surface area contributed by atoms with Gasteiger partial charge in [-0.05, 0) is 53.5 Å². The first-order chi connectivity index (χ1) is 9.01. The van der Waals surface area contributed by atoms with Crippen molar-refractivity contribution in [3.63, 3.8) is 0 Å². The summed E-state index contributed by atoms with van der Waals surface area (Å²) in [5.74, 6) is 0.721. The van der Waals surface area contributed by atoms with Crippen molar-refractivity contribution >= 4 is 27.5 Å². The fourth-order valence-electron chi connectivity index (χ4n) is 1.74. The van der Waals surface area contributed by atoms with E-state index in [0.29, 0.717) is 22.0 Å². The zero-order valence-corrected chi connectivity index (χ0v) is 12.8. The van der Waals surface area contributed by atoms with Gasteiger partial charge in [0.2, 0.25) is 5.88 Å². The molecule has 0 spiro atoms. The highest BCUT2D eigenvalue weighted by Crippen LogP contribution is 2.32. The van der Waals surface area contributed by atoms with E-state index >= 15 is 0 Å². The van der Waals surface area contributed by atoms with Gasteiger partial charge in [-0.25, -0.2) is 9.37 Å². The molecule has 0 radical (unpaired) electrons. The predicted molar refractivity (Wildman–Crippen MR) is 77.4 cm³/mol. The van der Waals surface area contributed by atoms with Gasteiger partial charge in [0.25, 0.3) is 0 Å². The van der Waals surface area contributed by atoms with Crippen LogP contribution in [-0.2, 0) is 5.88 Å². The minimum absolute atomic E-state index is 0.293. The quantitative estimate of drug-likeness (QED) is 0.720. The molecule has 1 heterocycles. The molecule has 0 atom stereocenters. The summed E-state index contributed by atoms with van der Waals surface area (Å²) in [7, 11) is 0. The lowest BCUT2D eigenvalue weighted by atomic mass is 10.1. The van der Waals surface area contributed by atoms with Crippen molar-refractivity contribution in [2.75, 3.05) is 0 Å². The van der Waals surface area contributed by atoms with Crippen molar-refractivity contribution in [1.29, 1.82) is 0 Å². The number of hydrogen-bond donors (Lipinski definition) is 0. The van der Waals surface area contributed by atoms with Crippen LogP contribution in [0.2, 0.25) is 0 Å². The molecule has 1 aromatic heterocycles. The zero-order chi connectivity index (χ0) is 14.0. The fraction of sp³-hybridized carbons (Fsp3) is 0.214. The second kappa shape index (κ2) is 5.88. The number of ether oxygens (including phenoxy) is 1. The number of benzene rings is 1. The Labute approximate surface area is 124 Å². The summed E-state index contributed by atoms with van der Waals surface area (Å²) >= 11 is 9.24. The van der Waals surface area contributed by atoms with Gasteiger partial charge in [0.05, 0.1) is 10.4 Å². The van der Waals surface area contributed by atoms with E-state index in [1.165, 1.54) is 12.1 Å². The normalized spacial score (nSPS) is 10.6. The molecule has 19 heavy (non-hydrogen) atoms. The van der Waals surface area contributed by atoms with Crippen molar-refractivity contribution in [2.24, 2.45) is 0 Å². The van der Waals surface area contributed by atoms with Crippen LogP contribution in [0.1, 0.15) is 16.8 Å². The van der Waals surface area contributed by atoms with Crippen molar-refractivity contribution in [2.45, 2.75) is 19.7 Å². The molecule has 0 aliphatic rings. The Balaban J connectivity index is 2.45. The minimum Gasteiger partial charge on any atom is -0.437 e. The van der Waals surface area contributed by atoms with Crippen LogP contribution in [-0.4, -0.2) is 4.98 Å². The van der Waals surface area contributed by atoms with E-state index in [-0.39, 0.29) is 5.82 Å². The lowest BCUT2D eigenvalue weighted by Crippen LogP contribution is -1.98. The van der Waals surface area contributed by atoms with Gasteiger partial charge in [-0.15, -0.1) is 11.6 Å². The van der Waals surface area contributed by atoms with Crippen molar-refractivity contribution in [3.05, 3.63) is 51.4 Å². The Hall–Kier alpha value is -1.13. The van der Waals surface area contributed by atoms with Crippen LogP contribution in [0.3, 0.4) is 0 Å². The van der Waals surface area contributed by atoms with Gasteiger partial charge >= 0.3 is 0 Å². The van der Waals surface area contributed by atoms with Gasteiger partial charge in [0.15, 0.2) is 0 Å². The molecule has 0 amide bonds. The average Bonchev–Trinajstić information content (AvgIpc) is 2.33. The highest BCUT2D eigenvalue weighted by molar-refractivity contribution is 9.10. The molecule has 0 fully saturated rings. The Morgan fingerprint density at radius 3 is 2.74 bits per heavy atom. The molecule has 2 nitrogen and oxygen atoms in total. The first-order valence-corrected chi connectivity index (χ1v) is 7.00. The summed E-state index contributed by atoms with van der Waals surface area (Å²) in [6.07, 6.45) is 0. The second-order valence-electron chi connectivity index (χ2n) is 4.17. The zero-order valence-electron chi connectivity index (χ0n) is 10.5. The summed E-state index contributed by atoms with van der Waals surface area (Å²) in [4.78, 5) is 4.32. The number of pyridine rings is 1. The molecule has 0 saturated carbocycles. The largest absolute Gasteiger partial charge is 0.437 e. The maximum absolute atomic E-state index is 13.2. The Bertz CT molecular complexity index is 619. The smallest absolute Gasteiger partial charge is 0.224 e. The molecule has 2 rings (SSSR count). The topological polar surface area (TPSA) is 22.1 Å². The van der Waals surface area contributed by atoms with E-state index in [9.17, 15) is 4.39 Å². The van der Waals surface area contributed by atoms with Crippen LogP contribution in [0.4, 0.5) is 4.39 Å². The Kier molecular flexibility index (Phi) is 4.42. The first kappa shape index (κ1) is 14.3. The van der Waals surface area contributed by atoms with Gasteiger partial charge < -0.3 is 4.74 Å². The third kappa shape index (κ3) is 3.25. The first-order valence-electron chi connectivity index (χ1n) is 5.67.